The molecule has 0 spiro atoms. The van der Waals surface area contributed by atoms with Crippen LogP contribution in [0.25, 0.3) is 0 Å². The molecule has 2 heterocycles. The van der Waals surface area contributed by atoms with Gasteiger partial charge >= 0.3 is 17.9 Å². The molecule has 1 fully saturated rings. The van der Waals surface area contributed by atoms with Crippen LogP contribution in [0.1, 0.15) is 53.5 Å². The second-order valence-corrected chi connectivity index (χ2v) is 10.2. The van der Waals surface area contributed by atoms with Gasteiger partial charge < -0.3 is 14.2 Å². The summed E-state index contributed by atoms with van der Waals surface area (Å²) in [4.78, 5) is 50.1. The first-order chi connectivity index (χ1) is 15.9. The quantitative estimate of drug-likeness (QED) is 0.421. The first kappa shape index (κ1) is 25.2. The minimum atomic E-state index is -4.05. The summed E-state index contributed by atoms with van der Waals surface area (Å²) in [6, 6.07) is 5.94. The molecule has 1 aromatic carbocycles. The van der Waals surface area contributed by atoms with Crippen molar-refractivity contribution in [3.8, 4) is 0 Å². The highest BCUT2D eigenvalue weighted by molar-refractivity contribution is 7.90. The number of carbonyl (C=O) groups excluding carboxylic acids is 4. The molecule has 1 saturated heterocycles. The fraction of sp³-hybridized carbons (Fsp3) is 0.391. The van der Waals surface area contributed by atoms with Crippen LogP contribution in [-0.4, -0.2) is 55.4 Å². The lowest BCUT2D eigenvalue weighted by atomic mass is 9.95. The van der Waals surface area contributed by atoms with Crippen molar-refractivity contribution in [3.63, 3.8) is 0 Å². The van der Waals surface area contributed by atoms with Gasteiger partial charge in [-0.3, -0.25) is 19.0 Å². The van der Waals surface area contributed by atoms with Gasteiger partial charge in [0.2, 0.25) is 0 Å². The van der Waals surface area contributed by atoms with E-state index in [0.717, 1.165) is 6.26 Å². The summed E-state index contributed by atoms with van der Waals surface area (Å²) in [5.74, 6) is -5.81. The number of rotatable bonds is 7. The molecule has 0 bridgehead atoms. The highest BCUT2D eigenvalue weighted by atomic mass is 32.2. The number of carbonyl (C=O) groups is 4. The molecule has 34 heavy (non-hydrogen) atoms. The molecule has 1 aliphatic rings. The Labute approximate surface area is 196 Å². The van der Waals surface area contributed by atoms with E-state index in [1.807, 2.05) is 0 Å². The van der Waals surface area contributed by atoms with Crippen LogP contribution in [0.3, 0.4) is 0 Å². The van der Waals surface area contributed by atoms with Crippen LogP contribution in [0, 0.1) is 5.92 Å². The normalized spacial score (nSPS) is 16.0. The average molecular weight is 492 g/mol. The smallest absolute Gasteiger partial charge is 0.340 e. The van der Waals surface area contributed by atoms with E-state index in [-0.39, 0.29) is 35.5 Å². The predicted molar refractivity (Wildman–Crippen MR) is 118 cm³/mol. The van der Waals surface area contributed by atoms with E-state index in [0.29, 0.717) is 0 Å². The van der Waals surface area contributed by atoms with Crippen molar-refractivity contribution >= 4 is 33.7 Å². The van der Waals surface area contributed by atoms with Crippen molar-refractivity contribution in [3.05, 3.63) is 53.3 Å². The van der Waals surface area contributed by atoms with Gasteiger partial charge in [0.15, 0.2) is 15.8 Å². The number of aromatic nitrogens is 1. The fourth-order valence-electron chi connectivity index (χ4n) is 3.72. The Bertz CT molecular complexity index is 1220. The monoisotopic (exact) mass is 491 g/mol. The van der Waals surface area contributed by atoms with E-state index in [1.165, 1.54) is 42.9 Å². The molecule has 0 radical (unpaired) electrons. The summed E-state index contributed by atoms with van der Waals surface area (Å²) >= 11 is 0. The van der Waals surface area contributed by atoms with Crippen molar-refractivity contribution in [2.24, 2.45) is 5.92 Å². The van der Waals surface area contributed by atoms with Gasteiger partial charge in [0.25, 0.3) is 11.7 Å². The van der Waals surface area contributed by atoms with Gasteiger partial charge in [-0.25, -0.2) is 13.2 Å². The minimum absolute atomic E-state index is 0.0427. The molecule has 0 N–H and O–H groups in total. The maximum Gasteiger partial charge on any atom is 0.340 e. The van der Waals surface area contributed by atoms with Crippen molar-refractivity contribution < 1.29 is 41.8 Å². The van der Waals surface area contributed by atoms with Crippen LogP contribution in [0.5, 0.6) is 0 Å². The predicted octanol–water partition coefficient (Wildman–Crippen LogP) is 2.14. The number of cyclic esters (lactones) is 2. The number of aryl methyl sites for hydroxylation is 1. The topological polar surface area (TPSA) is 135 Å². The third kappa shape index (κ3) is 5.19. The number of ether oxygens (including phenoxy) is 3. The molecule has 182 valence electrons. The molecule has 1 aromatic heterocycles. The molecule has 0 amide bonds. The molecular formula is C23H25NO9S. The first-order valence-electron chi connectivity index (χ1n) is 10.5. The van der Waals surface area contributed by atoms with Crippen molar-refractivity contribution in [2.45, 2.75) is 44.3 Å². The number of sulfone groups is 1. The summed E-state index contributed by atoms with van der Waals surface area (Å²) in [6.45, 7) is 4.36. The molecule has 0 saturated carbocycles. The first-order valence-corrected chi connectivity index (χ1v) is 12.4. The van der Waals surface area contributed by atoms with E-state index in [2.05, 4.69) is 0 Å². The lowest BCUT2D eigenvalue weighted by molar-refractivity contribution is -0.240. The lowest BCUT2D eigenvalue weighted by Gasteiger charge is -2.32. The Morgan fingerprint density at radius 3 is 2.21 bits per heavy atom. The summed E-state index contributed by atoms with van der Waals surface area (Å²) in [6.07, 6.45) is 3.63. The van der Waals surface area contributed by atoms with Gasteiger partial charge in [-0.1, -0.05) is 6.07 Å². The van der Waals surface area contributed by atoms with Gasteiger partial charge in [-0.15, -0.1) is 0 Å². The van der Waals surface area contributed by atoms with E-state index in [4.69, 9.17) is 14.2 Å². The van der Waals surface area contributed by atoms with Gasteiger partial charge in [-0.2, -0.15) is 0 Å². The fourth-order valence-corrected chi connectivity index (χ4v) is 4.93. The Kier molecular flexibility index (Phi) is 6.97. The van der Waals surface area contributed by atoms with Crippen molar-refractivity contribution in [1.82, 2.24) is 4.57 Å². The minimum Gasteiger partial charge on any atom is -0.462 e. The van der Waals surface area contributed by atoms with Gasteiger partial charge in [-0.05, 0) is 43.5 Å². The van der Waals surface area contributed by atoms with E-state index in [9.17, 15) is 27.6 Å². The van der Waals surface area contributed by atoms with Crippen LogP contribution >= 0.6 is 0 Å². The zero-order chi connectivity index (χ0) is 25.3. The number of benzene rings is 1. The average Bonchev–Trinajstić information content (AvgIpc) is 3.25. The molecule has 11 heteroatoms. The highest BCUT2D eigenvalue weighted by Gasteiger charge is 2.43. The van der Waals surface area contributed by atoms with E-state index in [1.54, 1.807) is 19.1 Å². The molecule has 1 aliphatic heterocycles. The SMILES string of the molecule is CCOC(=O)c1c(C(=O)n2cccc2)ccc(CCC2C(=O)OC(C)(C)OC2=O)c1S(C)(=O)=O. The van der Waals surface area contributed by atoms with E-state index >= 15 is 0 Å². The van der Waals surface area contributed by atoms with Crippen LogP contribution in [-0.2, 0) is 40.1 Å². The Hall–Kier alpha value is -3.47. The second kappa shape index (κ2) is 9.41. The maximum atomic E-state index is 13.0. The summed E-state index contributed by atoms with van der Waals surface area (Å²) in [7, 11) is -4.05. The Balaban J connectivity index is 2.07. The van der Waals surface area contributed by atoms with Crippen LogP contribution in [0.15, 0.2) is 41.6 Å². The van der Waals surface area contributed by atoms with Gasteiger partial charge in [0.05, 0.1) is 22.6 Å². The van der Waals surface area contributed by atoms with Crippen LogP contribution in [0.4, 0.5) is 0 Å². The zero-order valence-corrected chi connectivity index (χ0v) is 20.0. The molecule has 0 unspecified atom stereocenters. The molecular weight excluding hydrogens is 466 g/mol. The number of esters is 3. The second-order valence-electron chi connectivity index (χ2n) is 8.20. The van der Waals surface area contributed by atoms with Gasteiger partial charge in [0, 0.05) is 32.5 Å². The maximum absolute atomic E-state index is 13.0. The van der Waals surface area contributed by atoms with Crippen molar-refractivity contribution in [1.29, 1.82) is 0 Å². The molecule has 0 atom stereocenters. The lowest BCUT2D eigenvalue weighted by Crippen LogP contribution is -2.46. The highest BCUT2D eigenvalue weighted by Crippen LogP contribution is 2.30. The third-order valence-electron chi connectivity index (χ3n) is 5.12. The van der Waals surface area contributed by atoms with Gasteiger partial charge in [0.1, 0.15) is 0 Å². The standard InChI is InChI=1S/C23H25NO9S/c1-5-31-22(28)17-15(19(25)24-12-6-7-13-24)10-8-14(18(17)34(4,29)30)9-11-16-20(26)32-23(2,3)33-21(16)27/h6-8,10,12-13,16H,5,9,11H2,1-4H3. The van der Waals surface area contributed by atoms with Crippen LogP contribution in [0.2, 0.25) is 0 Å². The molecule has 2 aromatic rings. The molecule has 10 nitrogen and oxygen atoms in total. The summed E-state index contributed by atoms with van der Waals surface area (Å²) in [5, 5.41) is 0. The Morgan fingerprint density at radius 1 is 1.09 bits per heavy atom. The number of hydrogen-bond acceptors (Lipinski definition) is 9. The molecule has 3 rings (SSSR count). The zero-order valence-electron chi connectivity index (χ0n) is 19.2. The molecule has 0 aliphatic carbocycles. The third-order valence-corrected chi connectivity index (χ3v) is 6.33. The number of nitrogens with zero attached hydrogens (tertiary/aromatic N) is 1. The van der Waals surface area contributed by atoms with Crippen LogP contribution < -0.4 is 0 Å². The Morgan fingerprint density at radius 2 is 1.68 bits per heavy atom. The number of hydrogen-bond donors (Lipinski definition) is 0. The van der Waals surface area contributed by atoms with E-state index < -0.39 is 50.9 Å². The summed E-state index contributed by atoms with van der Waals surface area (Å²) in [5.41, 5.74) is -0.396. The summed E-state index contributed by atoms with van der Waals surface area (Å²) < 4.78 is 42.1. The van der Waals surface area contributed by atoms with Crippen molar-refractivity contribution in [2.75, 3.05) is 12.9 Å². The largest absolute Gasteiger partial charge is 0.462 e.